The molecule has 0 aliphatic carbocycles. The number of benzene rings is 1. The summed E-state index contributed by atoms with van der Waals surface area (Å²) in [4.78, 5) is 21.5. The summed E-state index contributed by atoms with van der Waals surface area (Å²) in [6.07, 6.45) is 1.57. The van der Waals surface area contributed by atoms with E-state index in [2.05, 4.69) is 9.97 Å². The van der Waals surface area contributed by atoms with Gasteiger partial charge in [0.2, 0.25) is 15.0 Å². The van der Waals surface area contributed by atoms with E-state index in [4.69, 9.17) is 11.6 Å². The van der Waals surface area contributed by atoms with Crippen molar-refractivity contribution in [3.05, 3.63) is 47.2 Å². The summed E-state index contributed by atoms with van der Waals surface area (Å²) in [6.45, 7) is 1.74. The van der Waals surface area contributed by atoms with E-state index in [-0.39, 0.29) is 21.6 Å². The molecule has 2 rings (SSSR count). The first-order valence-electron chi connectivity index (χ1n) is 6.95. The monoisotopic (exact) mass is 353 g/mol. The number of amides is 1. The van der Waals surface area contributed by atoms with Crippen LogP contribution in [-0.2, 0) is 9.84 Å². The van der Waals surface area contributed by atoms with Gasteiger partial charge in [-0.05, 0) is 18.6 Å². The predicted molar refractivity (Wildman–Crippen MR) is 88.6 cm³/mol. The summed E-state index contributed by atoms with van der Waals surface area (Å²) in [7, 11) is -2.06. The SMILES string of the molecule is CCCS(=O)(=O)c1ncc(Cl)c(C(=O)N(C)c2ccccc2)n1. The lowest BCUT2D eigenvalue weighted by Crippen LogP contribution is -2.28. The van der Waals surface area contributed by atoms with Crippen molar-refractivity contribution in [1.29, 1.82) is 0 Å². The summed E-state index contributed by atoms with van der Waals surface area (Å²) in [6, 6.07) is 8.91. The summed E-state index contributed by atoms with van der Waals surface area (Å²) in [5, 5.41) is -0.373. The van der Waals surface area contributed by atoms with Crippen molar-refractivity contribution in [2.24, 2.45) is 0 Å². The topological polar surface area (TPSA) is 80.2 Å². The molecule has 2 aromatic rings. The predicted octanol–water partition coefficient (Wildman–Crippen LogP) is 2.59. The number of aromatic nitrogens is 2. The first-order valence-corrected chi connectivity index (χ1v) is 8.98. The third-order valence-electron chi connectivity index (χ3n) is 3.12. The van der Waals surface area contributed by atoms with Crippen LogP contribution in [0.5, 0.6) is 0 Å². The van der Waals surface area contributed by atoms with Crippen LogP contribution in [0.2, 0.25) is 5.02 Å². The van der Waals surface area contributed by atoms with Crippen molar-refractivity contribution in [1.82, 2.24) is 9.97 Å². The number of rotatable bonds is 5. The molecular weight excluding hydrogens is 338 g/mol. The molecule has 0 atom stereocenters. The number of carbonyl (C=O) groups is 1. The number of anilines is 1. The van der Waals surface area contributed by atoms with Gasteiger partial charge in [0.15, 0.2) is 5.69 Å². The molecule has 0 aliphatic rings. The Balaban J connectivity index is 2.41. The van der Waals surface area contributed by atoms with Crippen LogP contribution < -0.4 is 4.90 Å². The fourth-order valence-corrected chi connectivity index (χ4v) is 3.27. The quantitative estimate of drug-likeness (QED) is 0.772. The molecule has 122 valence electrons. The second kappa shape index (κ2) is 7.06. The minimum Gasteiger partial charge on any atom is -0.310 e. The van der Waals surface area contributed by atoms with Crippen LogP contribution in [0.1, 0.15) is 23.8 Å². The Bertz CT molecular complexity index is 810. The maximum Gasteiger partial charge on any atom is 0.278 e. The molecule has 1 amide bonds. The van der Waals surface area contributed by atoms with Crippen molar-refractivity contribution < 1.29 is 13.2 Å². The highest BCUT2D eigenvalue weighted by Gasteiger charge is 2.24. The first kappa shape index (κ1) is 17.4. The lowest BCUT2D eigenvalue weighted by atomic mass is 10.2. The number of carbonyl (C=O) groups excluding carboxylic acids is 1. The standard InChI is InChI=1S/C15H16ClN3O3S/c1-3-9-23(21,22)15-17-10-12(16)13(18-15)14(20)19(2)11-7-5-4-6-8-11/h4-8,10H,3,9H2,1-2H3. The second-order valence-electron chi connectivity index (χ2n) is 4.87. The molecule has 0 spiro atoms. The van der Waals surface area contributed by atoms with Gasteiger partial charge >= 0.3 is 0 Å². The Kier molecular flexibility index (Phi) is 5.33. The molecule has 6 nitrogen and oxygen atoms in total. The van der Waals surface area contributed by atoms with Crippen LogP contribution >= 0.6 is 11.6 Å². The molecule has 0 saturated heterocycles. The van der Waals surface area contributed by atoms with Crippen LogP contribution in [0.4, 0.5) is 5.69 Å². The van der Waals surface area contributed by atoms with Gasteiger partial charge in [-0.2, -0.15) is 0 Å². The van der Waals surface area contributed by atoms with Gasteiger partial charge in [0.05, 0.1) is 17.0 Å². The van der Waals surface area contributed by atoms with Gasteiger partial charge in [0, 0.05) is 12.7 Å². The molecule has 0 fully saturated rings. The summed E-state index contributed by atoms with van der Waals surface area (Å²) < 4.78 is 24.1. The van der Waals surface area contributed by atoms with E-state index < -0.39 is 15.7 Å². The molecule has 1 aromatic heterocycles. The highest BCUT2D eigenvalue weighted by atomic mass is 35.5. The molecule has 1 heterocycles. The van der Waals surface area contributed by atoms with E-state index >= 15 is 0 Å². The molecule has 0 N–H and O–H groups in total. The van der Waals surface area contributed by atoms with E-state index in [0.717, 1.165) is 6.20 Å². The smallest absolute Gasteiger partial charge is 0.278 e. The normalized spacial score (nSPS) is 11.3. The van der Waals surface area contributed by atoms with Crippen LogP contribution in [0.3, 0.4) is 0 Å². The zero-order valence-electron chi connectivity index (χ0n) is 12.7. The fraction of sp³-hybridized carbons (Fsp3) is 0.267. The van der Waals surface area contributed by atoms with Crippen molar-refractivity contribution in [2.75, 3.05) is 17.7 Å². The van der Waals surface area contributed by atoms with E-state index in [1.807, 2.05) is 6.07 Å². The zero-order valence-corrected chi connectivity index (χ0v) is 14.3. The highest BCUT2D eigenvalue weighted by molar-refractivity contribution is 7.91. The molecule has 0 aliphatic heterocycles. The largest absolute Gasteiger partial charge is 0.310 e. The third-order valence-corrected chi connectivity index (χ3v) is 5.10. The maximum absolute atomic E-state index is 12.6. The Morgan fingerprint density at radius 3 is 2.52 bits per heavy atom. The number of hydrogen-bond donors (Lipinski definition) is 0. The fourth-order valence-electron chi connectivity index (χ4n) is 1.94. The number of sulfone groups is 1. The molecule has 0 unspecified atom stereocenters. The number of nitrogens with zero attached hydrogens (tertiary/aromatic N) is 3. The Labute approximate surface area is 140 Å². The molecule has 8 heteroatoms. The third kappa shape index (κ3) is 3.86. The van der Waals surface area contributed by atoms with E-state index in [9.17, 15) is 13.2 Å². The van der Waals surface area contributed by atoms with Gasteiger partial charge in [-0.1, -0.05) is 36.7 Å². The van der Waals surface area contributed by atoms with Crippen molar-refractivity contribution in [2.45, 2.75) is 18.5 Å². The second-order valence-corrected chi connectivity index (χ2v) is 7.28. The number of halogens is 1. The summed E-state index contributed by atoms with van der Waals surface area (Å²) >= 11 is 5.98. The number of hydrogen-bond acceptors (Lipinski definition) is 5. The lowest BCUT2D eigenvalue weighted by Gasteiger charge is -2.17. The van der Waals surface area contributed by atoms with Gasteiger partial charge in [-0.25, -0.2) is 18.4 Å². The van der Waals surface area contributed by atoms with Crippen molar-refractivity contribution in [3.63, 3.8) is 0 Å². The van der Waals surface area contributed by atoms with Crippen molar-refractivity contribution >= 4 is 33.0 Å². The van der Waals surface area contributed by atoms with E-state index in [1.54, 1.807) is 38.2 Å². The Hall–Kier alpha value is -1.99. The molecule has 0 radical (unpaired) electrons. The Morgan fingerprint density at radius 2 is 1.91 bits per heavy atom. The van der Waals surface area contributed by atoms with Crippen LogP contribution in [0, 0.1) is 0 Å². The zero-order chi connectivity index (χ0) is 17.0. The summed E-state index contributed by atoms with van der Waals surface area (Å²) in [5.74, 6) is -0.590. The average Bonchev–Trinajstić information content (AvgIpc) is 2.54. The first-order chi connectivity index (χ1) is 10.9. The number of para-hydroxylation sites is 1. The minimum absolute atomic E-state index is 0.00762. The maximum atomic E-state index is 12.6. The molecule has 0 bridgehead atoms. The van der Waals surface area contributed by atoms with Crippen LogP contribution in [0.15, 0.2) is 41.7 Å². The van der Waals surface area contributed by atoms with Gasteiger partial charge in [-0.3, -0.25) is 4.79 Å². The molecule has 1 aromatic carbocycles. The summed E-state index contributed by atoms with van der Waals surface area (Å²) in [5.41, 5.74) is 0.507. The Morgan fingerprint density at radius 1 is 1.26 bits per heavy atom. The van der Waals surface area contributed by atoms with Crippen molar-refractivity contribution in [3.8, 4) is 0 Å². The average molecular weight is 354 g/mol. The van der Waals surface area contributed by atoms with E-state index in [0.29, 0.717) is 12.1 Å². The van der Waals surface area contributed by atoms with Gasteiger partial charge in [0.1, 0.15) is 0 Å². The molecule has 23 heavy (non-hydrogen) atoms. The van der Waals surface area contributed by atoms with Gasteiger partial charge in [-0.15, -0.1) is 0 Å². The highest BCUT2D eigenvalue weighted by Crippen LogP contribution is 2.20. The van der Waals surface area contributed by atoms with Gasteiger partial charge < -0.3 is 4.90 Å². The lowest BCUT2D eigenvalue weighted by molar-refractivity contribution is 0.0987. The van der Waals surface area contributed by atoms with E-state index in [1.165, 1.54) is 4.90 Å². The molecular formula is C15H16ClN3O3S. The van der Waals surface area contributed by atoms with Gasteiger partial charge in [0.25, 0.3) is 5.91 Å². The minimum atomic E-state index is -3.63. The molecule has 0 saturated carbocycles. The van der Waals surface area contributed by atoms with Crippen LogP contribution in [0.25, 0.3) is 0 Å². The van der Waals surface area contributed by atoms with Crippen LogP contribution in [-0.4, -0.2) is 37.1 Å².